The zero-order valence-electron chi connectivity index (χ0n) is 15.7. The molecule has 2 fully saturated rings. The van der Waals surface area contributed by atoms with Crippen LogP contribution in [-0.4, -0.2) is 68.7 Å². The SMILES string of the molecule is CN=C(NCC1CCCN1Cc1ccccc1)N(C)CC1CCOC1. The Morgan fingerprint density at radius 3 is 2.88 bits per heavy atom. The van der Waals surface area contributed by atoms with Crippen LogP contribution >= 0.6 is 0 Å². The molecule has 2 heterocycles. The molecule has 0 spiro atoms. The number of nitrogens with one attached hydrogen (secondary N) is 1. The third kappa shape index (κ3) is 5.19. The van der Waals surface area contributed by atoms with Gasteiger partial charge in [0.2, 0.25) is 0 Å². The lowest BCUT2D eigenvalue weighted by atomic mass is 10.1. The van der Waals surface area contributed by atoms with Crippen LogP contribution in [0.4, 0.5) is 0 Å². The number of aliphatic imine (C=N–C) groups is 1. The summed E-state index contributed by atoms with van der Waals surface area (Å²) in [6, 6.07) is 11.4. The predicted octanol–water partition coefficient (Wildman–Crippen LogP) is 2.19. The molecule has 2 unspecified atom stereocenters. The van der Waals surface area contributed by atoms with E-state index in [9.17, 15) is 0 Å². The molecule has 5 nitrogen and oxygen atoms in total. The summed E-state index contributed by atoms with van der Waals surface area (Å²) in [6.45, 7) is 6.00. The van der Waals surface area contributed by atoms with Crippen LogP contribution in [0.15, 0.2) is 35.3 Å². The largest absolute Gasteiger partial charge is 0.381 e. The molecule has 1 aromatic rings. The molecule has 0 radical (unpaired) electrons. The fraction of sp³-hybridized carbons (Fsp3) is 0.650. The van der Waals surface area contributed by atoms with Gasteiger partial charge in [-0.1, -0.05) is 30.3 Å². The minimum atomic E-state index is 0.583. The molecule has 3 rings (SSSR count). The fourth-order valence-electron chi connectivity index (χ4n) is 3.95. The van der Waals surface area contributed by atoms with E-state index in [2.05, 4.69) is 57.5 Å². The number of hydrogen-bond acceptors (Lipinski definition) is 3. The third-order valence-electron chi connectivity index (χ3n) is 5.35. The summed E-state index contributed by atoms with van der Waals surface area (Å²) >= 11 is 0. The van der Waals surface area contributed by atoms with E-state index in [0.29, 0.717) is 12.0 Å². The number of ether oxygens (including phenoxy) is 1. The Bertz CT molecular complexity index is 542. The zero-order valence-corrected chi connectivity index (χ0v) is 15.7. The van der Waals surface area contributed by atoms with Gasteiger partial charge in [-0.25, -0.2) is 0 Å². The Morgan fingerprint density at radius 1 is 1.32 bits per heavy atom. The van der Waals surface area contributed by atoms with Crippen molar-refractivity contribution in [1.29, 1.82) is 0 Å². The molecular weight excluding hydrogens is 312 g/mol. The zero-order chi connectivity index (χ0) is 17.5. The minimum Gasteiger partial charge on any atom is -0.381 e. The van der Waals surface area contributed by atoms with E-state index in [4.69, 9.17) is 4.74 Å². The molecule has 0 bridgehead atoms. The molecule has 1 N–H and O–H groups in total. The quantitative estimate of drug-likeness (QED) is 0.634. The van der Waals surface area contributed by atoms with Gasteiger partial charge in [-0.05, 0) is 31.4 Å². The Kier molecular flexibility index (Phi) is 6.70. The molecule has 2 saturated heterocycles. The summed E-state index contributed by atoms with van der Waals surface area (Å²) in [6.07, 6.45) is 3.71. The van der Waals surface area contributed by atoms with E-state index in [1.54, 1.807) is 0 Å². The number of hydrogen-bond donors (Lipinski definition) is 1. The Morgan fingerprint density at radius 2 is 2.16 bits per heavy atom. The van der Waals surface area contributed by atoms with Crippen molar-refractivity contribution in [2.75, 3.05) is 46.9 Å². The van der Waals surface area contributed by atoms with Crippen molar-refractivity contribution in [1.82, 2.24) is 15.1 Å². The number of guanidine groups is 1. The normalized spacial score (nSPS) is 24.6. The van der Waals surface area contributed by atoms with Gasteiger partial charge in [0.25, 0.3) is 0 Å². The highest BCUT2D eigenvalue weighted by atomic mass is 16.5. The van der Waals surface area contributed by atoms with Gasteiger partial charge in [-0.3, -0.25) is 9.89 Å². The molecule has 1 aromatic carbocycles. The van der Waals surface area contributed by atoms with Crippen LogP contribution in [0.5, 0.6) is 0 Å². The molecule has 0 aliphatic carbocycles. The van der Waals surface area contributed by atoms with Crippen molar-refractivity contribution in [3.63, 3.8) is 0 Å². The van der Waals surface area contributed by atoms with Crippen LogP contribution in [-0.2, 0) is 11.3 Å². The summed E-state index contributed by atoms with van der Waals surface area (Å²) in [7, 11) is 4.00. The maximum absolute atomic E-state index is 5.49. The average molecular weight is 345 g/mol. The highest BCUT2D eigenvalue weighted by Crippen LogP contribution is 2.19. The highest BCUT2D eigenvalue weighted by molar-refractivity contribution is 5.79. The molecule has 0 aromatic heterocycles. The van der Waals surface area contributed by atoms with Crippen molar-refractivity contribution < 1.29 is 4.74 Å². The van der Waals surface area contributed by atoms with E-state index in [-0.39, 0.29) is 0 Å². The summed E-state index contributed by atoms with van der Waals surface area (Å²) in [5, 5.41) is 3.59. The molecular formula is C20H32N4O. The second-order valence-corrected chi connectivity index (χ2v) is 7.29. The van der Waals surface area contributed by atoms with Gasteiger partial charge < -0.3 is 15.0 Å². The van der Waals surface area contributed by atoms with Gasteiger partial charge in [-0.2, -0.15) is 0 Å². The first-order valence-corrected chi connectivity index (χ1v) is 9.53. The van der Waals surface area contributed by atoms with Gasteiger partial charge >= 0.3 is 0 Å². The first-order valence-electron chi connectivity index (χ1n) is 9.53. The minimum absolute atomic E-state index is 0.583. The van der Waals surface area contributed by atoms with Crippen molar-refractivity contribution >= 4 is 5.96 Å². The van der Waals surface area contributed by atoms with E-state index in [1.807, 2.05) is 7.05 Å². The molecule has 0 saturated carbocycles. The Balaban J connectivity index is 1.48. The molecule has 2 aliphatic heterocycles. The fourth-order valence-corrected chi connectivity index (χ4v) is 3.95. The summed E-state index contributed by atoms with van der Waals surface area (Å²) < 4.78 is 5.49. The number of rotatable bonds is 6. The lowest BCUT2D eigenvalue weighted by molar-refractivity contribution is 0.181. The van der Waals surface area contributed by atoms with Crippen LogP contribution in [0, 0.1) is 5.92 Å². The monoisotopic (exact) mass is 344 g/mol. The molecule has 25 heavy (non-hydrogen) atoms. The van der Waals surface area contributed by atoms with Gasteiger partial charge in [0.15, 0.2) is 5.96 Å². The van der Waals surface area contributed by atoms with Gasteiger partial charge in [-0.15, -0.1) is 0 Å². The van der Waals surface area contributed by atoms with E-state index < -0.39 is 0 Å². The van der Waals surface area contributed by atoms with Crippen molar-refractivity contribution in [3.05, 3.63) is 35.9 Å². The number of benzene rings is 1. The third-order valence-corrected chi connectivity index (χ3v) is 5.35. The molecule has 5 heteroatoms. The Hall–Kier alpha value is -1.59. The molecule has 138 valence electrons. The maximum atomic E-state index is 5.49. The lowest BCUT2D eigenvalue weighted by Crippen LogP contribution is -2.46. The van der Waals surface area contributed by atoms with Crippen LogP contribution in [0.25, 0.3) is 0 Å². The lowest BCUT2D eigenvalue weighted by Gasteiger charge is -2.28. The van der Waals surface area contributed by atoms with Crippen LogP contribution in [0.2, 0.25) is 0 Å². The molecule has 0 amide bonds. The van der Waals surface area contributed by atoms with Crippen LogP contribution < -0.4 is 5.32 Å². The van der Waals surface area contributed by atoms with Gasteiger partial charge in [0, 0.05) is 52.3 Å². The second kappa shape index (κ2) is 9.20. The smallest absolute Gasteiger partial charge is 0.193 e. The van der Waals surface area contributed by atoms with Crippen molar-refractivity contribution in [3.8, 4) is 0 Å². The van der Waals surface area contributed by atoms with Crippen molar-refractivity contribution in [2.24, 2.45) is 10.9 Å². The topological polar surface area (TPSA) is 40.1 Å². The van der Waals surface area contributed by atoms with Crippen LogP contribution in [0.3, 0.4) is 0 Å². The van der Waals surface area contributed by atoms with Gasteiger partial charge in [0.05, 0.1) is 6.61 Å². The maximum Gasteiger partial charge on any atom is 0.193 e. The highest BCUT2D eigenvalue weighted by Gasteiger charge is 2.25. The van der Waals surface area contributed by atoms with Crippen molar-refractivity contribution in [2.45, 2.75) is 31.8 Å². The van der Waals surface area contributed by atoms with Gasteiger partial charge in [0.1, 0.15) is 0 Å². The second-order valence-electron chi connectivity index (χ2n) is 7.29. The molecule has 2 atom stereocenters. The number of likely N-dealkylation sites (tertiary alicyclic amines) is 1. The summed E-state index contributed by atoms with van der Waals surface area (Å²) in [4.78, 5) is 9.32. The van der Waals surface area contributed by atoms with E-state index in [1.165, 1.54) is 24.9 Å². The first kappa shape index (κ1) is 18.2. The standard InChI is InChI=1S/C20H32N4O/c1-21-20(23(2)14-18-10-12-25-16-18)22-13-19-9-6-11-24(19)15-17-7-4-3-5-8-17/h3-5,7-8,18-19H,6,9-16H2,1-2H3,(H,21,22). The van der Waals surface area contributed by atoms with E-state index >= 15 is 0 Å². The average Bonchev–Trinajstić information content (AvgIpc) is 3.29. The summed E-state index contributed by atoms with van der Waals surface area (Å²) in [5.74, 6) is 1.63. The first-order chi connectivity index (χ1) is 12.3. The van der Waals surface area contributed by atoms with E-state index in [0.717, 1.165) is 45.2 Å². The molecule has 2 aliphatic rings. The predicted molar refractivity (Wildman–Crippen MR) is 103 cm³/mol. The number of nitrogens with zero attached hydrogens (tertiary/aromatic N) is 3. The Labute approximate surface area is 152 Å². The summed E-state index contributed by atoms with van der Waals surface area (Å²) in [5.41, 5.74) is 1.40. The van der Waals surface area contributed by atoms with Crippen LogP contribution in [0.1, 0.15) is 24.8 Å².